The van der Waals surface area contributed by atoms with Crippen LogP contribution in [0.3, 0.4) is 0 Å². The molecule has 92 valence electrons. The van der Waals surface area contributed by atoms with Gasteiger partial charge in [-0.2, -0.15) is 0 Å². The van der Waals surface area contributed by atoms with Crippen LogP contribution in [-0.4, -0.2) is 11.7 Å². The van der Waals surface area contributed by atoms with Crippen molar-refractivity contribution in [2.24, 2.45) is 17.8 Å². The summed E-state index contributed by atoms with van der Waals surface area (Å²) in [5.41, 5.74) is 1.26. The Labute approximate surface area is 103 Å². The molecule has 3 atom stereocenters. The number of hydrogen-bond acceptors (Lipinski definition) is 2. The monoisotopic (exact) mass is 231 g/mol. The second-order valence-corrected chi connectivity index (χ2v) is 5.73. The van der Waals surface area contributed by atoms with Gasteiger partial charge in [0.25, 0.3) is 0 Å². The van der Waals surface area contributed by atoms with Gasteiger partial charge in [-0.25, -0.2) is 0 Å². The molecule has 2 aliphatic carbocycles. The van der Waals surface area contributed by atoms with Gasteiger partial charge in [0.2, 0.25) is 0 Å². The zero-order valence-corrected chi connectivity index (χ0v) is 10.2. The van der Waals surface area contributed by atoms with Gasteiger partial charge in [-0.1, -0.05) is 18.6 Å². The van der Waals surface area contributed by atoms with Crippen LogP contribution in [0.25, 0.3) is 0 Å². The largest absolute Gasteiger partial charge is 0.508 e. The predicted molar refractivity (Wildman–Crippen MR) is 68.8 cm³/mol. The van der Waals surface area contributed by atoms with E-state index in [-0.39, 0.29) is 0 Å². The fourth-order valence-electron chi connectivity index (χ4n) is 3.64. The number of hydrogen-bond donors (Lipinski definition) is 2. The molecule has 2 N–H and O–H groups in total. The summed E-state index contributed by atoms with van der Waals surface area (Å²) in [6.07, 6.45) is 5.90. The van der Waals surface area contributed by atoms with Gasteiger partial charge < -0.3 is 10.4 Å². The molecule has 17 heavy (non-hydrogen) atoms. The molecule has 2 saturated carbocycles. The van der Waals surface area contributed by atoms with E-state index in [2.05, 4.69) is 5.32 Å². The molecule has 2 fully saturated rings. The lowest BCUT2D eigenvalue weighted by Crippen LogP contribution is -2.26. The summed E-state index contributed by atoms with van der Waals surface area (Å²) in [6, 6.07) is 7.50. The van der Waals surface area contributed by atoms with Crippen LogP contribution in [0.1, 0.15) is 31.2 Å². The minimum atomic E-state index is 0.349. The maximum absolute atomic E-state index is 9.21. The Hall–Kier alpha value is -1.02. The maximum atomic E-state index is 9.21. The first-order valence-corrected chi connectivity index (χ1v) is 6.80. The van der Waals surface area contributed by atoms with Crippen molar-refractivity contribution in [3.8, 4) is 5.75 Å². The van der Waals surface area contributed by atoms with Gasteiger partial charge in [0, 0.05) is 6.54 Å². The molecule has 0 spiro atoms. The van der Waals surface area contributed by atoms with E-state index in [1.54, 1.807) is 12.1 Å². The smallest absolute Gasteiger partial charge is 0.115 e. The van der Waals surface area contributed by atoms with Crippen molar-refractivity contribution in [2.45, 2.75) is 32.2 Å². The molecule has 1 aromatic rings. The molecule has 2 nitrogen and oxygen atoms in total. The molecule has 0 aliphatic heterocycles. The predicted octanol–water partition coefficient (Wildman–Crippen LogP) is 2.92. The Kier molecular flexibility index (Phi) is 3.06. The molecular weight excluding hydrogens is 210 g/mol. The van der Waals surface area contributed by atoms with Gasteiger partial charge in [-0.15, -0.1) is 0 Å². The van der Waals surface area contributed by atoms with Gasteiger partial charge in [0.15, 0.2) is 0 Å². The minimum absolute atomic E-state index is 0.349. The third-order valence-electron chi connectivity index (χ3n) is 4.56. The van der Waals surface area contributed by atoms with Gasteiger partial charge in [-0.3, -0.25) is 0 Å². The molecule has 1 aromatic carbocycles. The van der Waals surface area contributed by atoms with Crippen LogP contribution >= 0.6 is 0 Å². The van der Waals surface area contributed by atoms with Crippen molar-refractivity contribution in [2.75, 3.05) is 6.54 Å². The Balaban J connectivity index is 1.45. The molecule has 2 bridgehead atoms. The summed E-state index contributed by atoms with van der Waals surface area (Å²) in [5.74, 6) is 3.32. The summed E-state index contributed by atoms with van der Waals surface area (Å²) in [7, 11) is 0. The quantitative estimate of drug-likeness (QED) is 0.835. The van der Waals surface area contributed by atoms with E-state index < -0.39 is 0 Å². The molecular formula is C15H21NO. The molecule has 0 aromatic heterocycles. The Morgan fingerprint density at radius 3 is 2.59 bits per heavy atom. The number of phenols is 1. The van der Waals surface area contributed by atoms with E-state index >= 15 is 0 Å². The van der Waals surface area contributed by atoms with Crippen LogP contribution in [0.5, 0.6) is 5.75 Å². The number of aromatic hydroxyl groups is 1. The first kappa shape index (κ1) is 11.1. The van der Waals surface area contributed by atoms with Gasteiger partial charge >= 0.3 is 0 Å². The normalized spacial score (nSPS) is 30.9. The van der Waals surface area contributed by atoms with Crippen LogP contribution in [0.2, 0.25) is 0 Å². The van der Waals surface area contributed by atoms with E-state index in [0.717, 1.165) is 24.3 Å². The van der Waals surface area contributed by atoms with Crippen molar-refractivity contribution >= 4 is 0 Å². The van der Waals surface area contributed by atoms with Gasteiger partial charge in [0.1, 0.15) is 5.75 Å². The van der Waals surface area contributed by atoms with Crippen LogP contribution in [0.4, 0.5) is 0 Å². The highest BCUT2D eigenvalue weighted by atomic mass is 16.3. The zero-order valence-electron chi connectivity index (χ0n) is 10.2. The number of benzene rings is 1. The summed E-state index contributed by atoms with van der Waals surface area (Å²) in [5, 5.41) is 12.8. The van der Waals surface area contributed by atoms with Crippen LogP contribution in [0.15, 0.2) is 24.3 Å². The first-order chi connectivity index (χ1) is 8.31. The second-order valence-electron chi connectivity index (χ2n) is 5.73. The summed E-state index contributed by atoms with van der Waals surface area (Å²) in [6.45, 7) is 2.09. The van der Waals surface area contributed by atoms with E-state index in [4.69, 9.17) is 0 Å². The Bertz CT molecular complexity index is 373. The topological polar surface area (TPSA) is 32.3 Å². The van der Waals surface area contributed by atoms with E-state index in [1.165, 1.54) is 37.8 Å². The van der Waals surface area contributed by atoms with E-state index in [9.17, 15) is 5.11 Å². The molecule has 0 saturated heterocycles. The lowest BCUT2D eigenvalue weighted by Gasteiger charge is -2.21. The zero-order chi connectivity index (χ0) is 11.7. The summed E-state index contributed by atoms with van der Waals surface area (Å²) < 4.78 is 0. The standard InChI is InChI=1S/C15H21NO/c17-15-5-2-11(3-6-15)9-16-10-14-8-12-1-4-13(14)7-12/h2-3,5-6,12-14,16-17H,1,4,7-10H2. The Morgan fingerprint density at radius 2 is 1.94 bits per heavy atom. The molecule has 0 heterocycles. The van der Waals surface area contributed by atoms with Gasteiger partial charge in [0.05, 0.1) is 0 Å². The van der Waals surface area contributed by atoms with Gasteiger partial charge in [-0.05, 0) is 61.3 Å². The number of rotatable bonds is 4. The van der Waals surface area contributed by atoms with Crippen LogP contribution < -0.4 is 5.32 Å². The highest BCUT2D eigenvalue weighted by Gasteiger charge is 2.38. The molecule has 3 unspecified atom stereocenters. The van der Waals surface area contributed by atoms with Crippen molar-refractivity contribution in [1.29, 1.82) is 0 Å². The number of fused-ring (bicyclic) bond motifs is 2. The third kappa shape index (κ3) is 2.47. The molecule has 2 heteroatoms. The Morgan fingerprint density at radius 1 is 1.12 bits per heavy atom. The fraction of sp³-hybridized carbons (Fsp3) is 0.600. The van der Waals surface area contributed by atoms with Crippen molar-refractivity contribution in [3.63, 3.8) is 0 Å². The first-order valence-electron chi connectivity index (χ1n) is 6.80. The fourth-order valence-corrected chi connectivity index (χ4v) is 3.64. The molecule has 0 radical (unpaired) electrons. The highest BCUT2D eigenvalue weighted by molar-refractivity contribution is 5.25. The SMILES string of the molecule is Oc1ccc(CNCC2CC3CCC2C3)cc1. The van der Waals surface area contributed by atoms with Crippen molar-refractivity contribution in [1.82, 2.24) is 5.32 Å². The van der Waals surface area contributed by atoms with E-state index in [1.807, 2.05) is 12.1 Å². The average Bonchev–Trinajstić information content (AvgIpc) is 2.94. The number of nitrogens with one attached hydrogen (secondary N) is 1. The second kappa shape index (κ2) is 4.69. The lowest BCUT2D eigenvalue weighted by molar-refractivity contribution is 0.318. The summed E-state index contributed by atoms with van der Waals surface area (Å²) >= 11 is 0. The molecule has 2 aliphatic rings. The lowest BCUT2D eigenvalue weighted by atomic mass is 9.89. The molecule has 0 amide bonds. The van der Waals surface area contributed by atoms with E-state index in [0.29, 0.717) is 5.75 Å². The average molecular weight is 231 g/mol. The minimum Gasteiger partial charge on any atom is -0.508 e. The van der Waals surface area contributed by atoms with Crippen LogP contribution in [0, 0.1) is 17.8 Å². The van der Waals surface area contributed by atoms with Crippen LogP contribution in [-0.2, 0) is 6.54 Å². The van der Waals surface area contributed by atoms with Crippen molar-refractivity contribution < 1.29 is 5.11 Å². The number of phenolic OH excluding ortho intramolecular Hbond substituents is 1. The summed E-state index contributed by atoms with van der Waals surface area (Å²) in [4.78, 5) is 0. The van der Waals surface area contributed by atoms with Crippen molar-refractivity contribution in [3.05, 3.63) is 29.8 Å². The molecule has 3 rings (SSSR count). The highest BCUT2D eigenvalue weighted by Crippen LogP contribution is 2.47. The third-order valence-corrected chi connectivity index (χ3v) is 4.56. The maximum Gasteiger partial charge on any atom is 0.115 e.